The third-order valence-corrected chi connectivity index (χ3v) is 8.64. The maximum absolute atomic E-state index is 13.2. The van der Waals surface area contributed by atoms with E-state index in [1.807, 2.05) is 45.0 Å². The van der Waals surface area contributed by atoms with Gasteiger partial charge in [0, 0.05) is 29.4 Å². The van der Waals surface area contributed by atoms with Gasteiger partial charge in [0.1, 0.15) is 17.4 Å². The van der Waals surface area contributed by atoms with Crippen molar-refractivity contribution < 1.29 is 9.53 Å². The number of aromatic nitrogens is 3. The molecule has 1 unspecified atom stereocenters. The van der Waals surface area contributed by atoms with Gasteiger partial charge in [-0.2, -0.15) is 5.10 Å². The number of fused-ring (bicyclic) bond motifs is 1. The number of ether oxygens (including phenoxy) is 1. The first-order valence-electron chi connectivity index (χ1n) is 14.8. The smallest absolute Gasteiger partial charge is 0.322 e. The molecule has 9 heteroatoms. The average molecular weight is 566 g/mol. The van der Waals surface area contributed by atoms with Crippen LogP contribution in [0.5, 0.6) is 5.75 Å². The van der Waals surface area contributed by atoms with Crippen molar-refractivity contribution in [3.05, 3.63) is 73.1 Å². The van der Waals surface area contributed by atoms with E-state index in [9.17, 15) is 9.59 Å². The molecule has 1 amide bonds. The highest BCUT2D eigenvalue weighted by molar-refractivity contribution is 7.08. The van der Waals surface area contributed by atoms with E-state index in [4.69, 9.17) is 9.72 Å². The maximum atomic E-state index is 13.2. The highest BCUT2D eigenvalue weighted by atomic mass is 32.1. The molecule has 0 radical (unpaired) electrons. The van der Waals surface area contributed by atoms with Crippen LogP contribution >= 0.6 is 11.3 Å². The van der Waals surface area contributed by atoms with Gasteiger partial charge in [0.25, 0.3) is 5.91 Å². The number of rotatable bonds is 9. The first-order valence-corrected chi connectivity index (χ1v) is 15.6. The second-order valence-electron chi connectivity index (χ2n) is 10.4. The largest absolute Gasteiger partial charge is 0.489 e. The van der Waals surface area contributed by atoms with Gasteiger partial charge in [-0.05, 0) is 112 Å². The van der Waals surface area contributed by atoms with Crippen LogP contribution in [0.25, 0.3) is 0 Å². The number of hydrogen-bond donors (Lipinski definition) is 2. The topological polar surface area (TPSA) is 100 Å². The van der Waals surface area contributed by atoms with Crippen molar-refractivity contribution in [3.63, 3.8) is 0 Å². The molecule has 3 aromatic rings. The molecule has 0 saturated carbocycles. The fourth-order valence-corrected chi connectivity index (χ4v) is 6.39. The lowest BCUT2D eigenvalue weighted by atomic mass is 9.87. The predicted molar refractivity (Wildman–Crippen MR) is 160 cm³/mol. The molecular formula is C31H43N5O3S. The normalized spacial score (nSPS) is 16.4. The summed E-state index contributed by atoms with van der Waals surface area (Å²) in [6.07, 6.45) is 7.11. The van der Waals surface area contributed by atoms with Crippen molar-refractivity contribution in [2.24, 2.45) is 5.92 Å². The fraction of sp³-hybridized carbons (Fsp3) is 0.548. The summed E-state index contributed by atoms with van der Waals surface area (Å²) in [4.78, 5) is 31.9. The summed E-state index contributed by atoms with van der Waals surface area (Å²) in [5, 5.41) is 10.6. The van der Waals surface area contributed by atoms with E-state index >= 15 is 0 Å². The number of aryl methyl sites for hydroxylation is 2. The number of pyridine rings is 1. The summed E-state index contributed by atoms with van der Waals surface area (Å²) < 4.78 is 6.12. The lowest BCUT2D eigenvalue weighted by Gasteiger charge is -2.35. The van der Waals surface area contributed by atoms with Crippen molar-refractivity contribution in [1.82, 2.24) is 25.4 Å². The van der Waals surface area contributed by atoms with Crippen molar-refractivity contribution in [2.45, 2.75) is 85.3 Å². The van der Waals surface area contributed by atoms with Crippen LogP contribution in [0.2, 0.25) is 0 Å². The van der Waals surface area contributed by atoms with E-state index in [2.05, 4.69) is 33.4 Å². The van der Waals surface area contributed by atoms with E-state index in [0.29, 0.717) is 24.5 Å². The van der Waals surface area contributed by atoms with Crippen LogP contribution in [0.3, 0.4) is 0 Å². The molecule has 2 aromatic heterocycles. The molecule has 1 atom stereocenters. The summed E-state index contributed by atoms with van der Waals surface area (Å²) >= 11 is 1.12. The number of H-pyrrole nitrogens is 1. The van der Waals surface area contributed by atoms with Gasteiger partial charge in [0.15, 0.2) is 0 Å². The Balaban J connectivity index is 0.00000181. The molecule has 1 saturated heterocycles. The SMILES string of the molecule is CC.CCN1CCC(C(Cc2n[nH]c(=O)s2)NC(=O)c2ccc(OCc3cc(C)nc4c3CCCC4)cc2)CC1. The van der Waals surface area contributed by atoms with Gasteiger partial charge in [-0.3, -0.25) is 14.6 Å². The number of aromatic amines is 1. The second kappa shape index (κ2) is 14.6. The van der Waals surface area contributed by atoms with Crippen LogP contribution in [0.15, 0.2) is 35.1 Å². The number of nitrogens with one attached hydrogen (secondary N) is 2. The number of carbonyl (C=O) groups is 1. The molecule has 0 spiro atoms. The Hall–Kier alpha value is -3.04. The van der Waals surface area contributed by atoms with Crippen LogP contribution in [-0.4, -0.2) is 51.7 Å². The molecule has 216 valence electrons. The molecule has 1 fully saturated rings. The first kappa shape index (κ1) is 29.9. The van der Waals surface area contributed by atoms with Gasteiger partial charge in [-0.1, -0.05) is 32.1 Å². The first-order chi connectivity index (χ1) is 19.5. The quantitative estimate of drug-likeness (QED) is 0.375. The van der Waals surface area contributed by atoms with Crippen molar-refractivity contribution in [3.8, 4) is 5.75 Å². The molecule has 40 heavy (non-hydrogen) atoms. The molecule has 1 aliphatic carbocycles. The van der Waals surface area contributed by atoms with Crippen molar-refractivity contribution in [2.75, 3.05) is 19.6 Å². The standard InChI is InChI=1S/C29H37N5O3S.C2H6/c1-3-34-14-12-20(13-15-34)26(17-27-32-33-29(36)38-27)31-28(35)21-8-10-23(11-9-21)37-18-22-16-19(2)30-25-7-5-4-6-24(22)25;1-2/h8-11,16,20,26H,3-7,12-15,17-18H2,1-2H3,(H,31,35)(H,33,36);1-2H3. The summed E-state index contributed by atoms with van der Waals surface area (Å²) in [6, 6.07) is 9.43. The lowest BCUT2D eigenvalue weighted by Crippen LogP contribution is -2.46. The molecule has 5 rings (SSSR count). The monoisotopic (exact) mass is 565 g/mol. The van der Waals surface area contributed by atoms with Crippen LogP contribution in [0, 0.1) is 12.8 Å². The zero-order chi connectivity index (χ0) is 28.5. The van der Waals surface area contributed by atoms with Gasteiger partial charge in [0.05, 0.1) is 0 Å². The fourth-order valence-electron chi connectivity index (χ4n) is 5.73. The number of nitrogens with zero attached hydrogens (tertiary/aromatic N) is 3. The summed E-state index contributed by atoms with van der Waals surface area (Å²) in [7, 11) is 0. The van der Waals surface area contributed by atoms with Gasteiger partial charge in [0.2, 0.25) is 0 Å². The Bertz CT molecular complexity index is 1300. The predicted octanol–water partition coefficient (Wildman–Crippen LogP) is 5.09. The summed E-state index contributed by atoms with van der Waals surface area (Å²) in [5.74, 6) is 0.977. The Morgan fingerprint density at radius 3 is 2.58 bits per heavy atom. The lowest BCUT2D eigenvalue weighted by molar-refractivity contribution is 0.0895. The van der Waals surface area contributed by atoms with Crippen LogP contribution in [0.4, 0.5) is 0 Å². The van der Waals surface area contributed by atoms with Crippen LogP contribution < -0.4 is 14.9 Å². The van der Waals surface area contributed by atoms with E-state index in [-0.39, 0.29) is 16.8 Å². The molecule has 2 aliphatic rings. The molecule has 3 heterocycles. The van der Waals surface area contributed by atoms with Gasteiger partial charge < -0.3 is 15.0 Å². The van der Waals surface area contributed by atoms with E-state index in [1.54, 1.807) is 0 Å². The second-order valence-corrected chi connectivity index (χ2v) is 11.5. The van der Waals surface area contributed by atoms with E-state index in [0.717, 1.165) is 73.1 Å². The zero-order valence-corrected chi connectivity index (χ0v) is 25.1. The third kappa shape index (κ3) is 7.79. The molecule has 1 aromatic carbocycles. The van der Waals surface area contributed by atoms with Crippen molar-refractivity contribution >= 4 is 17.2 Å². The summed E-state index contributed by atoms with van der Waals surface area (Å²) in [6.45, 7) is 11.8. The minimum atomic E-state index is -0.163. The molecular weight excluding hydrogens is 522 g/mol. The molecule has 2 N–H and O–H groups in total. The van der Waals surface area contributed by atoms with E-state index < -0.39 is 0 Å². The minimum Gasteiger partial charge on any atom is -0.489 e. The Morgan fingerprint density at radius 1 is 1.18 bits per heavy atom. The van der Waals surface area contributed by atoms with Crippen LogP contribution in [0.1, 0.15) is 84.3 Å². The Kier molecular flexibility index (Phi) is 10.9. The third-order valence-electron chi connectivity index (χ3n) is 7.87. The maximum Gasteiger partial charge on any atom is 0.322 e. The molecule has 0 bridgehead atoms. The Morgan fingerprint density at radius 2 is 1.90 bits per heavy atom. The number of benzene rings is 1. The number of piperidine rings is 1. The summed E-state index contributed by atoms with van der Waals surface area (Å²) in [5.41, 5.74) is 5.41. The molecule has 8 nitrogen and oxygen atoms in total. The van der Waals surface area contributed by atoms with E-state index in [1.165, 1.54) is 29.7 Å². The average Bonchev–Trinajstić information content (AvgIpc) is 3.41. The number of amides is 1. The van der Waals surface area contributed by atoms with Crippen molar-refractivity contribution in [1.29, 1.82) is 0 Å². The van der Waals surface area contributed by atoms with Gasteiger partial charge in [-0.15, -0.1) is 0 Å². The zero-order valence-electron chi connectivity index (χ0n) is 24.3. The number of hydrogen-bond acceptors (Lipinski definition) is 7. The molecule has 1 aliphatic heterocycles. The highest BCUT2D eigenvalue weighted by Crippen LogP contribution is 2.26. The van der Waals surface area contributed by atoms with Gasteiger partial charge in [-0.25, -0.2) is 5.10 Å². The van der Waals surface area contributed by atoms with Gasteiger partial charge >= 0.3 is 4.87 Å². The Labute approximate surface area is 241 Å². The van der Waals surface area contributed by atoms with Crippen LogP contribution in [-0.2, 0) is 25.9 Å². The minimum absolute atomic E-state index is 0.0718. The highest BCUT2D eigenvalue weighted by Gasteiger charge is 2.29. The number of carbonyl (C=O) groups excluding carboxylic acids is 1. The number of likely N-dealkylation sites (tertiary alicyclic amines) is 1.